The molecule has 1 unspecified atom stereocenters. The third kappa shape index (κ3) is 3.81. The van der Waals surface area contributed by atoms with E-state index in [0.29, 0.717) is 25.4 Å². The van der Waals surface area contributed by atoms with E-state index in [2.05, 4.69) is 20.4 Å². The molecule has 27 heavy (non-hydrogen) atoms. The van der Waals surface area contributed by atoms with Gasteiger partial charge in [-0.2, -0.15) is 5.10 Å². The van der Waals surface area contributed by atoms with Gasteiger partial charge in [-0.15, -0.1) is 5.10 Å². The summed E-state index contributed by atoms with van der Waals surface area (Å²) in [6, 6.07) is 5.47. The minimum absolute atomic E-state index is 0.0361. The summed E-state index contributed by atoms with van der Waals surface area (Å²) >= 11 is 0. The number of hydrogen-bond acceptors (Lipinski definition) is 6. The first kappa shape index (κ1) is 17.2. The molecule has 0 N–H and O–H groups in total. The van der Waals surface area contributed by atoms with Crippen LogP contribution in [0.5, 0.6) is 5.75 Å². The van der Waals surface area contributed by atoms with Crippen LogP contribution < -0.4 is 4.74 Å². The Bertz CT molecular complexity index is 905. The maximum atomic E-state index is 12.6. The molecule has 1 fully saturated rings. The van der Waals surface area contributed by atoms with Crippen LogP contribution in [0.4, 0.5) is 0 Å². The first-order valence-corrected chi connectivity index (χ1v) is 8.99. The number of ether oxygens (including phenoxy) is 1. The molecule has 1 amide bonds. The van der Waals surface area contributed by atoms with Crippen molar-refractivity contribution < 1.29 is 9.53 Å². The van der Waals surface area contributed by atoms with Gasteiger partial charge in [0.25, 0.3) is 5.91 Å². The minimum Gasteiger partial charge on any atom is -0.487 e. The molecule has 3 aromatic heterocycles. The first-order valence-electron chi connectivity index (χ1n) is 8.99. The minimum atomic E-state index is -0.0361. The average Bonchev–Trinajstić information content (AvgIpc) is 3.46. The van der Waals surface area contributed by atoms with E-state index >= 15 is 0 Å². The zero-order valence-corrected chi connectivity index (χ0v) is 15.1. The Hall–Kier alpha value is -3.23. The molecule has 0 aliphatic carbocycles. The van der Waals surface area contributed by atoms with Crippen molar-refractivity contribution in [3.63, 3.8) is 0 Å². The fraction of sp³-hybridized carbons (Fsp3) is 0.389. The number of hydrogen-bond donors (Lipinski definition) is 0. The molecule has 9 nitrogen and oxygen atoms in total. The lowest BCUT2D eigenvalue weighted by atomic mass is 10.3. The molecule has 4 heterocycles. The maximum absolute atomic E-state index is 12.6. The van der Waals surface area contributed by atoms with Crippen molar-refractivity contribution in [3.8, 4) is 5.75 Å². The highest BCUT2D eigenvalue weighted by molar-refractivity contribution is 5.92. The third-order valence-electron chi connectivity index (χ3n) is 4.60. The van der Waals surface area contributed by atoms with Gasteiger partial charge in [0.1, 0.15) is 23.7 Å². The van der Waals surface area contributed by atoms with Crippen molar-refractivity contribution in [2.45, 2.75) is 32.5 Å². The van der Waals surface area contributed by atoms with Crippen molar-refractivity contribution in [2.75, 3.05) is 13.1 Å². The van der Waals surface area contributed by atoms with Crippen LogP contribution in [0, 0.1) is 0 Å². The Morgan fingerprint density at radius 1 is 1.30 bits per heavy atom. The molecule has 140 valence electrons. The van der Waals surface area contributed by atoms with Crippen LogP contribution in [0.1, 0.15) is 35.6 Å². The number of pyridine rings is 1. The molecule has 3 aromatic rings. The van der Waals surface area contributed by atoms with Crippen LogP contribution >= 0.6 is 0 Å². The summed E-state index contributed by atoms with van der Waals surface area (Å²) in [6.07, 6.45) is 7.91. The largest absolute Gasteiger partial charge is 0.487 e. The summed E-state index contributed by atoms with van der Waals surface area (Å²) in [4.78, 5) is 18.4. The van der Waals surface area contributed by atoms with E-state index in [1.54, 1.807) is 35.3 Å². The quantitative estimate of drug-likeness (QED) is 0.657. The van der Waals surface area contributed by atoms with Crippen LogP contribution in [0.25, 0.3) is 0 Å². The molecule has 4 rings (SSSR count). The Labute approximate surface area is 156 Å². The van der Waals surface area contributed by atoms with Gasteiger partial charge >= 0.3 is 0 Å². The summed E-state index contributed by atoms with van der Waals surface area (Å²) in [5.41, 5.74) is 1.24. The summed E-state index contributed by atoms with van der Waals surface area (Å²) in [7, 11) is 0. The van der Waals surface area contributed by atoms with Crippen molar-refractivity contribution in [3.05, 3.63) is 54.4 Å². The molecule has 9 heteroatoms. The van der Waals surface area contributed by atoms with Crippen LogP contribution in [0.3, 0.4) is 0 Å². The van der Waals surface area contributed by atoms with Crippen molar-refractivity contribution in [2.24, 2.45) is 0 Å². The molecule has 0 saturated carbocycles. The molecule has 0 aromatic carbocycles. The highest BCUT2D eigenvalue weighted by Crippen LogP contribution is 2.22. The summed E-state index contributed by atoms with van der Waals surface area (Å²) < 4.78 is 9.25. The fourth-order valence-corrected chi connectivity index (χ4v) is 3.11. The zero-order valence-electron chi connectivity index (χ0n) is 15.1. The van der Waals surface area contributed by atoms with E-state index in [4.69, 9.17) is 4.74 Å². The van der Waals surface area contributed by atoms with Crippen LogP contribution in [0.2, 0.25) is 0 Å². The number of aryl methyl sites for hydroxylation is 1. The van der Waals surface area contributed by atoms with Crippen molar-refractivity contribution >= 4 is 5.91 Å². The van der Waals surface area contributed by atoms with Gasteiger partial charge in [-0.1, -0.05) is 5.21 Å². The molecule has 0 bridgehead atoms. The Morgan fingerprint density at radius 2 is 2.15 bits per heavy atom. The van der Waals surface area contributed by atoms with Gasteiger partial charge in [-0.25, -0.2) is 4.68 Å². The summed E-state index contributed by atoms with van der Waals surface area (Å²) in [5, 5.41) is 12.7. The third-order valence-corrected chi connectivity index (χ3v) is 4.60. The Kier molecular flexibility index (Phi) is 4.82. The highest BCUT2D eigenvalue weighted by atomic mass is 16.5. The predicted octanol–water partition coefficient (Wildman–Crippen LogP) is 1.56. The monoisotopic (exact) mass is 367 g/mol. The van der Waals surface area contributed by atoms with Crippen LogP contribution in [-0.4, -0.2) is 53.7 Å². The average molecular weight is 367 g/mol. The molecule has 1 aliphatic heterocycles. The molecule has 0 radical (unpaired) electrons. The standard InChI is InChI=1S/C18H21N7O2/c1-2-24-10-6-17(21-24)18(26)23-9-5-15(12-23)25-11-14(20-22-25)13-27-16-3-7-19-8-4-16/h3-4,6-8,10-11,15H,2,5,9,12-13H2,1H3. The molecule has 1 aliphatic rings. The van der Waals surface area contributed by atoms with E-state index in [0.717, 1.165) is 24.4 Å². The number of nitrogens with zero attached hydrogens (tertiary/aromatic N) is 7. The number of rotatable bonds is 6. The lowest BCUT2D eigenvalue weighted by Crippen LogP contribution is -2.29. The highest BCUT2D eigenvalue weighted by Gasteiger charge is 2.29. The van der Waals surface area contributed by atoms with Gasteiger partial charge in [-0.3, -0.25) is 14.5 Å². The van der Waals surface area contributed by atoms with Gasteiger partial charge < -0.3 is 9.64 Å². The second-order valence-electron chi connectivity index (χ2n) is 6.41. The summed E-state index contributed by atoms with van der Waals surface area (Å²) in [5.74, 6) is 0.703. The van der Waals surface area contributed by atoms with E-state index < -0.39 is 0 Å². The fourth-order valence-electron chi connectivity index (χ4n) is 3.11. The lowest BCUT2D eigenvalue weighted by molar-refractivity contribution is 0.0780. The van der Waals surface area contributed by atoms with Crippen LogP contribution in [-0.2, 0) is 13.2 Å². The zero-order chi connectivity index (χ0) is 18.6. The van der Waals surface area contributed by atoms with Crippen molar-refractivity contribution in [1.29, 1.82) is 0 Å². The van der Waals surface area contributed by atoms with E-state index in [-0.39, 0.29) is 11.9 Å². The van der Waals surface area contributed by atoms with Gasteiger partial charge in [0.15, 0.2) is 0 Å². The number of carbonyl (C=O) groups excluding carboxylic acids is 1. The second kappa shape index (κ2) is 7.56. The molecule has 1 atom stereocenters. The Balaban J connectivity index is 1.35. The number of aromatic nitrogens is 6. The smallest absolute Gasteiger partial charge is 0.274 e. The van der Waals surface area contributed by atoms with Crippen LogP contribution in [0.15, 0.2) is 43.0 Å². The SMILES string of the molecule is CCn1ccc(C(=O)N2CCC(n3cc(COc4ccncc4)nn3)C2)n1. The molecular weight excluding hydrogens is 346 g/mol. The number of likely N-dealkylation sites (tertiary alicyclic amines) is 1. The number of amides is 1. The lowest BCUT2D eigenvalue weighted by Gasteiger charge is -2.15. The van der Waals surface area contributed by atoms with Gasteiger partial charge in [-0.05, 0) is 31.5 Å². The predicted molar refractivity (Wildman–Crippen MR) is 96.0 cm³/mol. The maximum Gasteiger partial charge on any atom is 0.274 e. The normalized spacial score (nSPS) is 16.6. The van der Waals surface area contributed by atoms with E-state index in [1.165, 1.54) is 0 Å². The van der Waals surface area contributed by atoms with E-state index in [9.17, 15) is 4.79 Å². The van der Waals surface area contributed by atoms with E-state index in [1.807, 2.05) is 28.9 Å². The molecule has 0 spiro atoms. The van der Waals surface area contributed by atoms with Crippen molar-refractivity contribution in [1.82, 2.24) is 34.7 Å². The van der Waals surface area contributed by atoms with Gasteiger partial charge in [0, 0.05) is 38.2 Å². The van der Waals surface area contributed by atoms with Gasteiger partial charge in [0.2, 0.25) is 0 Å². The molecular formula is C18H21N7O2. The first-order chi connectivity index (χ1) is 13.2. The summed E-state index contributed by atoms with van der Waals surface area (Å²) in [6.45, 7) is 4.37. The second-order valence-corrected chi connectivity index (χ2v) is 6.41. The van der Waals surface area contributed by atoms with Gasteiger partial charge in [0.05, 0.1) is 12.2 Å². The Morgan fingerprint density at radius 3 is 2.93 bits per heavy atom. The topological polar surface area (TPSA) is 91.0 Å². The number of carbonyl (C=O) groups is 1. The molecule has 1 saturated heterocycles.